The molecule has 2 amide bonds. The fourth-order valence-electron chi connectivity index (χ4n) is 3.27. The van der Waals surface area contributed by atoms with E-state index in [4.69, 9.17) is 17.0 Å². The number of methoxy groups -OCH3 is 1. The van der Waals surface area contributed by atoms with Crippen LogP contribution < -0.4 is 15.0 Å². The molecule has 0 saturated carbocycles. The van der Waals surface area contributed by atoms with Gasteiger partial charge in [-0.2, -0.15) is 0 Å². The van der Waals surface area contributed by atoms with Gasteiger partial charge in [-0.05, 0) is 48.6 Å². The topological polar surface area (TPSA) is 63.6 Å². The second-order valence-electron chi connectivity index (χ2n) is 6.37. The molecule has 1 aliphatic heterocycles. The van der Waals surface area contributed by atoms with Gasteiger partial charge in [0.2, 0.25) is 0 Å². The highest BCUT2D eigenvalue weighted by Gasteiger charge is 2.34. The molecule has 0 spiro atoms. The van der Waals surface area contributed by atoms with Crippen LogP contribution in [0, 0.1) is 0 Å². The van der Waals surface area contributed by atoms with Crippen molar-refractivity contribution in [2.75, 3.05) is 12.0 Å². The Labute approximate surface area is 167 Å². The van der Waals surface area contributed by atoms with Crippen LogP contribution in [0.25, 0.3) is 17.0 Å². The number of rotatable bonds is 3. The zero-order valence-electron chi connectivity index (χ0n) is 15.3. The predicted octanol–water partition coefficient (Wildman–Crippen LogP) is 3.02. The highest BCUT2D eigenvalue weighted by Crippen LogP contribution is 2.27. The predicted molar refractivity (Wildman–Crippen MR) is 112 cm³/mol. The average Bonchev–Trinajstić information content (AvgIpc) is 3.01. The maximum Gasteiger partial charge on any atom is 0.270 e. The van der Waals surface area contributed by atoms with E-state index in [0.29, 0.717) is 11.4 Å². The quantitative estimate of drug-likeness (QED) is 0.424. The average molecular weight is 391 g/mol. The highest BCUT2D eigenvalue weighted by molar-refractivity contribution is 7.80. The molecule has 2 aromatic carbocycles. The second-order valence-corrected chi connectivity index (χ2v) is 6.76. The summed E-state index contributed by atoms with van der Waals surface area (Å²) in [5.41, 5.74) is 2.39. The second kappa shape index (κ2) is 6.94. The lowest BCUT2D eigenvalue weighted by atomic mass is 10.1. The van der Waals surface area contributed by atoms with Crippen LogP contribution in [0.4, 0.5) is 5.69 Å². The first-order valence-electron chi connectivity index (χ1n) is 8.59. The van der Waals surface area contributed by atoms with Crippen molar-refractivity contribution in [3.05, 3.63) is 65.9 Å². The van der Waals surface area contributed by atoms with Crippen molar-refractivity contribution in [2.45, 2.75) is 0 Å². The van der Waals surface area contributed by atoms with Crippen LogP contribution in [0.1, 0.15) is 5.56 Å². The Morgan fingerprint density at radius 1 is 1.07 bits per heavy atom. The monoisotopic (exact) mass is 391 g/mol. The zero-order valence-corrected chi connectivity index (χ0v) is 16.1. The molecule has 7 heteroatoms. The molecule has 1 saturated heterocycles. The summed E-state index contributed by atoms with van der Waals surface area (Å²) >= 11 is 5.23. The van der Waals surface area contributed by atoms with Gasteiger partial charge >= 0.3 is 0 Å². The van der Waals surface area contributed by atoms with Crippen molar-refractivity contribution in [2.24, 2.45) is 7.05 Å². The van der Waals surface area contributed by atoms with Gasteiger partial charge in [-0.1, -0.05) is 18.2 Å². The van der Waals surface area contributed by atoms with Crippen molar-refractivity contribution in [1.29, 1.82) is 0 Å². The minimum absolute atomic E-state index is 0.0285. The Morgan fingerprint density at radius 3 is 2.50 bits per heavy atom. The first-order chi connectivity index (χ1) is 13.5. The molecule has 0 bridgehead atoms. The number of amides is 2. The lowest BCUT2D eigenvalue weighted by Crippen LogP contribution is -2.54. The molecule has 6 nitrogen and oxygen atoms in total. The fourth-order valence-corrected chi connectivity index (χ4v) is 3.55. The number of benzene rings is 2. The van der Waals surface area contributed by atoms with Crippen LogP contribution in [-0.2, 0) is 16.6 Å². The molecular formula is C21H17N3O3S. The molecule has 3 aromatic rings. The molecule has 1 aromatic heterocycles. The van der Waals surface area contributed by atoms with Gasteiger partial charge in [0.25, 0.3) is 11.8 Å². The van der Waals surface area contributed by atoms with E-state index in [9.17, 15) is 9.59 Å². The van der Waals surface area contributed by atoms with Gasteiger partial charge < -0.3 is 9.30 Å². The van der Waals surface area contributed by atoms with Crippen molar-refractivity contribution < 1.29 is 14.3 Å². The van der Waals surface area contributed by atoms with E-state index in [0.717, 1.165) is 16.5 Å². The van der Waals surface area contributed by atoms with Gasteiger partial charge in [0, 0.05) is 29.7 Å². The van der Waals surface area contributed by atoms with Crippen LogP contribution in [0.5, 0.6) is 5.75 Å². The van der Waals surface area contributed by atoms with Gasteiger partial charge in [0.15, 0.2) is 5.11 Å². The van der Waals surface area contributed by atoms with Crippen LogP contribution >= 0.6 is 12.2 Å². The third-order valence-corrected chi connectivity index (χ3v) is 4.94. The zero-order chi connectivity index (χ0) is 19.8. The normalized spacial score (nSPS) is 16.0. The molecule has 1 N–H and O–H groups in total. The summed E-state index contributed by atoms with van der Waals surface area (Å²) < 4.78 is 7.11. The number of nitrogens with zero attached hydrogens (tertiary/aromatic N) is 2. The van der Waals surface area contributed by atoms with Gasteiger partial charge in [-0.3, -0.25) is 19.8 Å². The number of ether oxygens (including phenoxy) is 1. The summed E-state index contributed by atoms with van der Waals surface area (Å²) in [6.07, 6.45) is 3.50. The number of carbonyl (C=O) groups is 2. The van der Waals surface area contributed by atoms with Crippen molar-refractivity contribution in [3.63, 3.8) is 0 Å². The Hall–Kier alpha value is -3.45. The van der Waals surface area contributed by atoms with E-state index in [-0.39, 0.29) is 10.7 Å². The van der Waals surface area contributed by atoms with Gasteiger partial charge in [-0.25, -0.2) is 0 Å². The molecule has 1 fully saturated rings. The number of nitrogens with one attached hydrogen (secondary N) is 1. The molecule has 1 aliphatic rings. The summed E-state index contributed by atoms with van der Waals surface area (Å²) in [6.45, 7) is 0. The molecule has 28 heavy (non-hydrogen) atoms. The summed E-state index contributed by atoms with van der Waals surface area (Å²) in [4.78, 5) is 26.9. The van der Waals surface area contributed by atoms with Crippen LogP contribution in [0.2, 0.25) is 0 Å². The largest absolute Gasteiger partial charge is 0.497 e. The summed E-state index contributed by atoms with van der Waals surface area (Å²) in [6, 6.07) is 14.7. The SMILES string of the molecule is COc1ccc(N2C(=O)/C(=C\c3cn(C)c4ccccc34)C(=O)NC2=S)cc1. The summed E-state index contributed by atoms with van der Waals surface area (Å²) in [5.74, 6) is -0.311. The number of hydrogen-bond donors (Lipinski definition) is 1. The van der Waals surface area contributed by atoms with Crippen molar-refractivity contribution in [1.82, 2.24) is 9.88 Å². The molecule has 2 heterocycles. The maximum absolute atomic E-state index is 13.1. The van der Waals surface area contributed by atoms with Crippen LogP contribution in [-0.4, -0.2) is 28.6 Å². The Bertz CT molecular complexity index is 1150. The number of thiocarbonyl (C=S) groups is 1. The molecule has 0 radical (unpaired) electrons. The van der Waals surface area contributed by atoms with E-state index in [1.807, 2.05) is 42.1 Å². The van der Waals surface area contributed by atoms with Gasteiger partial charge in [0.1, 0.15) is 11.3 Å². The van der Waals surface area contributed by atoms with E-state index < -0.39 is 11.8 Å². The molecule has 140 valence electrons. The van der Waals surface area contributed by atoms with Gasteiger partial charge in [-0.15, -0.1) is 0 Å². The number of anilines is 1. The number of aryl methyl sites for hydroxylation is 1. The van der Waals surface area contributed by atoms with Crippen molar-refractivity contribution >= 4 is 51.8 Å². The number of para-hydroxylation sites is 1. The Morgan fingerprint density at radius 2 is 1.79 bits per heavy atom. The smallest absolute Gasteiger partial charge is 0.270 e. The minimum atomic E-state index is -0.507. The first kappa shape index (κ1) is 17.9. The number of carbonyl (C=O) groups excluding carboxylic acids is 2. The molecule has 0 aliphatic carbocycles. The van der Waals surface area contributed by atoms with E-state index in [1.165, 1.54) is 4.90 Å². The van der Waals surface area contributed by atoms with Crippen LogP contribution in [0.15, 0.2) is 60.3 Å². The van der Waals surface area contributed by atoms with Crippen molar-refractivity contribution in [3.8, 4) is 5.75 Å². The standard InChI is InChI=1S/C21H17N3O3S/c1-23-12-13(16-5-3-4-6-18(16)23)11-17-19(25)22-21(28)24(20(17)26)14-7-9-15(27-2)10-8-14/h3-12H,1-2H3,(H,22,25,28)/b17-11-. The minimum Gasteiger partial charge on any atom is -0.497 e. The third-order valence-electron chi connectivity index (χ3n) is 4.66. The number of hydrogen-bond acceptors (Lipinski definition) is 4. The third kappa shape index (κ3) is 2.95. The number of aromatic nitrogens is 1. The van der Waals surface area contributed by atoms with E-state index >= 15 is 0 Å². The van der Waals surface area contributed by atoms with Gasteiger partial charge in [0.05, 0.1) is 12.8 Å². The van der Waals surface area contributed by atoms with E-state index in [2.05, 4.69) is 5.32 Å². The lowest BCUT2D eigenvalue weighted by Gasteiger charge is -2.29. The Balaban J connectivity index is 1.77. The molecule has 4 rings (SSSR count). The summed E-state index contributed by atoms with van der Waals surface area (Å²) in [5, 5.41) is 3.61. The highest BCUT2D eigenvalue weighted by atomic mass is 32.1. The van der Waals surface area contributed by atoms with Crippen LogP contribution in [0.3, 0.4) is 0 Å². The first-order valence-corrected chi connectivity index (χ1v) is 9.00. The number of fused-ring (bicyclic) bond motifs is 1. The molecule has 0 unspecified atom stereocenters. The lowest BCUT2D eigenvalue weighted by molar-refractivity contribution is -0.122. The molecule has 0 atom stereocenters. The Kier molecular flexibility index (Phi) is 4.44. The fraction of sp³-hybridized carbons (Fsp3) is 0.0952. The molecular weight excluding hydrogens is 374 g/mol. The summed E-state index contributed by atoms with van der Waals surface area (Å²) in [7, 11) is 3.49. The van der Waals surface area contributed by atoms with E-state index in [1.54, 1.807) is 37.5 Å². The maximum atomic E-state index is 13.1.